The van der Waals surface area contributed by atoms with Gasteiger partial charge in [0.1, 0.15) is 0 Å². The van der Waals surface area contributed by atoms with Crippen molar-refractivity contribution in [3.8, 4) is 0 Å². The van der Waals surface area contributed by atoms with Crippen LogP contribution >= 0.6 is 0 Å². The van der Waals surface area contributed by atoms with E-state index >= 15 is 0 Å². The van der Waals surface area contributed by atoms with Crippen molar-refractivity contribution < 1.29 is 0 Å². The van der Waals surface area contributed by atoms with Crippen LogP contribution in [-0.2, 0) is 6.42 Å². The minimum atomic E-state index is 0.508. The minimum Gasteiger partial charge on any atom is -0.314 e. The van der Waals surface area contributed by atoms with E-state index in [1.807, 2.05) is 0 Å². The van der Waals surface area contributed by atoms with Crippen LogP contribution in [0.4, 0.5) is 0 Å². The number of pyridine rings is 1. The van der Waals surface area contributed by atoms with Gasteiger partial charge in [-0.3, -0.25) is 4.98 Å². The molecule has 2 nitrogen and oxygen atoms in total. The quantitative estimate of drug-likeness (QED) is 0.791. The Morgan fingerprint density at radius 1 is 1.36 bits per heavy atom. The zero-order valence-corrected chi connectivity index (χ0v) is 9.59. The first kappa shape index (κ1) is 11.2. The van der Waals surface area contributed by atoms with E-state index in [-0.39, 0.29) is 0 Å². The van der Waals surface area contributed by atoms with Crippen LogP contribution in [0.3, 0.4) is 0 Å². The molecule has 1 rings (SSSR count). The molecule has 0 radical (unpaired) electrons. The van der Waals surface area contributed by atoms with Crippen LogP contribution in [0.5, 0.6) is 0 Å². The Kier molecular flexibility index (Phi) is 4.08. The van der Waals surface area contributed by atoms with Gasteiger partial charge in [0, 0.05) is 23.9 Å². The van der Waals surface area contributed by atoms with Gasteiger partial charge in [0.2, 0.25) is 0 Å². The molecule has 2 heteroatoms. The molecule has 78 valence electrons. The SMILES string of the molecule is CCNC(C)Cc1cc(C)cc(C)n1. The molecule has 1 atom stereocenters. The molecule has 1 aromatic heterocycles. The van der Waals surface area contributed by atoms with Crippen molar-refractivity contribution >= 4 is 0 Å². The molecule has 0 saturated heterocycles. The molecule has 0 fully saturated rings. The second kappa shape index (κ2) is 5.11. The third-order valence-corrected chi connectivity index (χ3v) is 2.22. The summed E-state index contributed by atoms with van der Waals surface area (Å²) in [6, 6.07) is 4.79. The second-order valence-corrected chi connectivity index (χ2v) is 3.94. The van der Waals surface area contributed by atoms with Gasteiger partial charge in [0.05, 0.1) is 0 Å². The Balaban J connectivity index is 2.66. The van der Waals surface area contributed by atoms with E-state index in [1.165, 1.54) is 11.3 Å². The van der Waals surface area contributed by atoms with E-state index in [0.717, 1.165) is 18.7 Å². The molecule has 0 aliphatic carbocycles. The summed E-state index contributed by atoms with van der Waals surface area (Å²) in [4.78, 5) is 4.52. The standard InChI is InChI=1S/C12H20N2/c1-5-13-10(3)8-12-7-9(2)6-11(4)14-12/h6-7,10,13H,5,8H2,1-4H3. The first-order chi connectivity index (χ1) is 6.61. The van der Waals surface area contributed by atoms with Crippen molar-refractivity contribution in [1.29, 1.82) is 0 Å². The van der Waals surface area contributed by atoms with Crippen molar-refractivity contribution in [2.24, 2.45) is 0 Å². The number of rotatable bonds is 4. The predicted molar refractivity (Wildman–Crippen MR) is 60.6 cm³/mol. The van der Waals surface area contributed by atoms with Gasteiger partial charge in [-0.05, 0) is 45.0 Å². The van der Waals surface area contributed by atoms with Crippen molar-refractivity contribution in [3.05, 3.63) is 29.1 Å². The average molecular weight is 192 g/mol. The van der Waals surface area contributed by atoms with E-state index < -0.39 is 0 Å². The van der Waals surface area contributed by atoms with Crippen molar-refractivity contribution in [2.75, 3.05) is 6.54 Å². The van der Waals surface area contributed by atoms with Gasteiger partial charge in [-0.25, -0.2) is 0 Å². The molecule has 14 heavy (non-hydrogen) atoms. The van der Waals surface area contributed by atoms with Gasteiger partial charge in [-0.2, -0.15) is 0 Å². The Hall–Kier alpha value is -0.890. The summed E-state index contributed by atoms with van der Waals surface area (Å²) in [5.41, 5.74) is 3.61. The molecular formula is C12H20N2. The highest BCUT2D eigenvalue weighted by Crippen LogP contribution is 2.06. The second-order valence-electron chi connectivity index (χ2n) is 3.94. The fourth-order valence-corrected chi connectivity index (χ4v) is 1.76. The summed E-state index contributed by atoms with van der Waals surface area (Å²) in [5.74, 6) is 0. The van der Waals surface area contributed by atoms with E-state index in [1.54, 1.807) is 0 Å². The Morgan fingerprint density at radius 3 is 2.64 bits per heavy atom. The van der Waals surface area contributed by atoms with Crippen LogP contribution in [0.1, 0.15) is 30.8 Å². The summed E-state index contributed by atoms with van der Waals surface area (Å²) >= 11 is 0. The third-order valence-electron chi connectivity index (χ3n) is 2.22. The number of nitrogens with one attached hydrogen (secondary N) is 1. The Bertz CT molecular complexity index is 274. The maximum atomic E-state index is 4.52. The van der Waals surface area contributed by atoms with E-state index in [4.69, 9.17) is 0 Å². The smallest absolute Gasteiger partial charge is 0.0424 e. The number of hydrogen-bond donors (Lipinski definition) is 1. The molecule has 0 aliphatic heterocycles. The average Bonchev–Trinajstić information content (AvgIpc) is 2.01. The summed E-state index contributed by atoms with van der Waals surface area (Å²) in [6.45, 7) is 9.52. The lowest BCUT2D eigenvalue weighted by atomic mass is 10.1. The summed E-state index contributed by atoms with van der Waals surface area (Å²) in [6.07, 6.45) is 1.01. The van der Waals surface area contributed by atoms with Crippen LogP contribution in [0.25, 0.3) is 0 Å². The number of aryl methyl sites for hydroxylation is 2. The third kappa shape index (κ3) is 3.46. The number of aromatic nitrogens is 1. The van der Waals surface area contributed by atoms with E-state index in [9.17, 15) is 0 Å². The van der Waals surface area contributed by atoms with Gasteiger partial charge in [0.25, 0.3) is 0 Å². The first-order valence-corrected chi connectivity index (χ1v) is 5.29. The maximum Gasteiger partial charge on any atom is 0.0424 e. The highest BCUT2D eigenvalue weighted by atomic mass is 14.9. The molecule has 1 aromatic rings. The van der Waals surface area contributed by atoms with E-state index in [0.29, 0.717) is 6.04 Å². The van der Waals surface area contributed by atoms with Gasteiger partial charge >= 0.3 is 0 Å². The van der Waals surface area contributed by atoms with Crippen LogP contribution < -0.4 is 5.32 Å². The fraction of sp³-hybridized carbons (Fsp3) is 0.583. The normalized spacial score (nSPS) is 12.9. The van der Waals surface area contributed by atoms with Crippen molar-refractivity contribution in [2.45, 2.75) is 40.2 Å². The molecule has 0 amide bonds. The molecule has 1 N–H and O–H groups in total. The first-order valence-electron chi connectivity index (χ1n) is 5.29. The van der Waals surface area contributed by atoms with Crippen molar-refractivity contribution in [1.82, 2.24) is 10.3 Å². The van der Waals surface area contributed by atoms with Crippen LogP contribution in [-0.4, -0.2) is 17.6 Å². The number of likely N-dealkylation sites (N-methyl/N-ethyl adjacent to an activating group) is 1. The van der Waals surface area contributed by atoms with Crippen molar-refractivity contribution in [3.63, 3.8) is 0 Å². The van der Waals surface area contributed by atoms with E-state index in [2.05, 4.69) is 50.1 Å². The lowest BCUT2D eigenvalue weighted by Crippen LogP contribution is -2.28. The van der Waals surface area contributed by atoms with Gasteiger partial charge in [0.15, 0.2) is 0 Å². The monoisotopic (exact) mass is 192 g/mol. The molecular weight excluding hydrogens is 172 g/mol. The zero-order chi connectivity index (χ0) is 10.6. The van der Waals surface area contributed by atoms with Gasteiger partial charge < -0.3 is 5.32 Å². The topological polar surface area (TPSA) is 24.9 Å². The molecule has 0 saturated carbocycles. The lowest BCUT2D eigenvalue weighted by molar-refractivity contribution is 0.559. The minimum absolute atomic E-state index is 0.508. The molecule has 0 aliphatic rings. The van der Waals surface area contributed by atoms with Crippen LogP contribution in [0, 0.1) is 13.8 Å². The molecule has 1 unspecified atom stereocenters. The Labute approximate surface area is 86.8 Å². The highest BCUT2D eigenvalue weighted by molar-refractivity contribution is 5.19. The van der Waals surface area contributed by atoms with Crippen LogP contribution in [0.15, 0.2) is 12.1 Å². The lowest BCUT2D eigenvalue weighted by Gasteiger charge is -2.12. The number of nitrogens with zero attached hydrogens (tertiary/aromatic N) is 1. The predicted octanol–water partition coefficient (Wildman–Crippen LogP) is 2.24. The summed E-state index contributed by atoms with van der Waals surface area (Å²) in [7, 11) is 0. The van der Waals surface area contributed by atoms with Gasteiger partial charge in [-0.15, -0.1) is 0 Å². The van der Waals surface area contributed by atoms with Gasteiger partial charge in [-0.1, -0.05) is 6.92 Å². The zero-order valence-electron chi connectivity index (χ0n) is 9.59. The summed E-state index contributed by atoms with van der Waals surface area (Å²) in [5, 5.41) is 3.39. The fourth-order valence-electron chi connectivity index (χ4n) is 1.76. The largest absolute Gasteiger partial charge is 0.314 e. The maximum absolute atomic E-state index is 4.52. The molecule has 0 aromatic carbocycles. The Morgan fingerprint density at radius 2 is 2.07 bits per heavy atom. The molecule has 0 bridgehead atoms. The number of hydrogen-bond acceptors (Lipinski definition) is 2. The highest BCUT2D eigenvalue weighted by Gasteiger charge is 2.03. The molecule has 1 heterocycles. The summed E-state index contributed by atoms with van der Waals surface area (Å²) < 4.78 is 0. The van der Waals surface area contributed by atoms with Crippen LogP contribution in [0.2, 0.25) is 0 Å². The molecule has 0 spiro atoms.